The highest BCUT2D eigenvalue weighted by Gasteiger charge is 2.31. The van der Waals surface area contributed by atoms with Crippen LogP contribution in [0.4, 0.5) is 0 Å². The topological polar surface area (TPSA) is 60.9 Å². The second-order valence-electron chi connectivity index (χ2n) is 8.89. The predicted molar refractivity (Wildman–Crippen MR) is 126 cm³/mol. The number of amides is 1. The Labute approximate surface area is 191 Å². The van der Waals surface area contributed by atoms with Gasteiger partial charge in [0.05, 0.1) is 4.90 Å². The zero-order valence-corrected chi connectivity index (χ0v) is 19.6. The quantitative estimate of drug-likeness (QED) is 0.691. The van der Waals surface area contributed by atoms with Crippen LogP contribution in [-0.4, -0.2) is 67.2 Å². The van der Waals surface area contributed by atoms with E-state index in [9.17, 15) is 13.2 Å². The molecule has 2 fully saturated rings. The number of nitrogens with zero attached hydrogens (tertiary/aromatic N) is 3. The average molecular weight is 456 g/mol. The first kappa shape index (κ1) is 23.0. The van der Waals surface area contributed by atoms with E-state index in [1.807, 2.05) is 17.9 Å². The van der Waals surface area contributed by atoms with Gasteiger partial charge in [-0.25, -0.2) is 8.42 Å². The zero-order valence-electron chi connectivity index (χ0n) is 18.8. The normalized spacial score (nSPS) is 21.3. The van der Waals surface area contributed by atoms with Crippen molar-refractivity contribution >= 4 is 15.9 Å². The molecule has 0 saturated carbocycles. The van der Waals surface area contributed by atoms with Gasteiger partial charge in [0.15, 0.2) is 0 Å². The summed E-state index contributed by atoms with van der Waals surface area (Å²) in [5.74, 6) is -0.0261. The number of hydrogen-bond donors (Lipinski definition) is 0. The van der Waals surface area contributed by atoms with Crippen molar-refractivity contribution in [2.45, 2.75) is 50.1 Å². The summed E-state index contributed by atoms with van der Waals surface area (Å²) in [6.07, 6.45) is 3.79. The molecule has 0 N–H and O–H groups in total. The monoisotopic (exact) mass is 455 g/mol. The van der Waals surface area contributed by atoms with Crippen molar-refractivity contribution in [3.63, 3.8) is 0 Å². The molecule has 2 aromatic carbocycles. The number of piperidine rings is 1. The Balaban J connectivity index is 1.39. The smallest absolute Gasteiger partial charge is 0.253 e. The van der Waals surface area contributed by atoms with Gasteiger partial charge in [-0.3, -0.25) is 9.69 Å². The van der Waals surface area contributed by atoms with Gasteiger partial charge in [-0.15, -0.1) is 0 Å². The fraction of sp³-hybridized carbons (Fsp3) is 0.480. The number of benzene rings is 2. The molecule has 6 nitrogen and oxygen atoms in total. The first-order valence-electron chi connectivity index (χ1n) is 11.6. The third-order valence-corrected chi connectivity index (χ3v) is 8.60. The Morgan fingerprint density at radius 1 is 0.875 bits per heavy atom. The Kier molecular flexibility index (Phi) is 7.28. The van der Waals surface area contributed by atoms with Crippen LogP contribution in [0.5, 0.6) is 0 Å². The van der Waals surface area contributed by atoms with Crippen molar-refractivity contribution in [2.75, 3.05) is 32.7 Å². The van der Waals surface area contributed by atoms with Crippen LogP contribution < -0.4 is 0 Å². The number of sulfonamides is 1. The van der Waals surface area contributed by atoms with Gasteiger partial charge in [0.1, 0.15) is 0 Å². The van der Waals surface area contributed by atoms with Gasteiger partial charge >= 0.3 is 0 Å². The Morgan fingerprint density at radius 3 is 2.34 bits per heavy atom. The molecule has 2 heterocycles. The van der Waals surface area contributed by atoms with Gasteiger partial charge in [0.2, 0.25) is 10.0 Å². The molecule has 0 aromatic heterocycles. The maximum absolute atomic E-state index is 13.1. The van der Waals surface area contributed by atoms with Crippen molar-refractivity contribution in [2.24, 2.45) is 0 Å². The minimum absolute atomic E-state index is 0.0194. The van der Waals surface area contributed by atoms with Crippen molar-refractivity contribution in [3.05, 3.63) is 65.7 Å². The van der Waals surface area contributed by atoms with Gasteiger partial charge in [-0.2, -0.15) is 4.31 Å². The molecule has 2 saturated heterocycles. The summed E-state index contributed by atoms with van der Waals surface area (Å²) in [4.78, 5) is 17.6. The van der Waals surface area contributed by atoms with E-state index < -0.39 is 10.0 Å². The molecule has 7 heteroatoms. The van der Waals surface area contributed by atoms with Crippen LogP contribution in [0.25, 0.3) is 0 Å². The fourth-order valence-corrected chi connectivity index (χ4v) is 6.39. The van der Waals surface area contributed by atoms with Crippen LogP contribution in [0.15, 0.2) is 59.5 Å². The van der Waals surface area contributed by atoms with Gasteiger partial charge in [0.25, 0.3) is 5.91 Å². The zero-order chi connectivity index (χ0) is 22.6. The van der Waals surface area contributed by atoms with Gasteiger partial charge < -0.3 is 4.90 Å². The van der Waals surface area contributed by atoms with Crippen LogP contribution in [0.1, 0.15) is 48.5 Å². The molecule has 0 bridgehead atoms. The molecule has 0 radical (unpaired) electrons. The predicted octanol–water partition coefficient (Wildman–Crippen LogP) is 3.60. The summed E-state index contributed by atoms with van der Waals surface area (Å²) in [5, 5.41) is 0. The van der Waals surface area contributed by atoms with Crippen LogP contribution in [0.3, 0.4) is 0 Å². The molecule has 0 aliphatic carbocycles. The molecular formula is C25H33N3O3S. The highest BCUT2D eigenvalue weighted by molar-refractivity contribution is 7.89. The maximum Gasteiger partial charge on any atom is 0.253 e. The first-order chi connectivity index (χ1) is 15.4. The van der Waals surface area contributed by atoms with Crippen molar-refractivity contribution in [1.82, 2.24) is 14.1 Å². The SMILES string of the molecule is CC1CCCCN1S(=O)(=O)c1ccc(C(=O)N2CCCN(Cc3ccccc3)CC2)cc1. The molecule has 32 heavy (non-hydrogen) atoms. The number of rotatable bonds is 5. The number of carbonyl (C=O) groups is 1. The summed E-state index contributed by atoms with van der Waals surface area (Å²) in [6, 6.07) is 16.9. The van der Waals surface area contributed by atoms with Crippen LogP contribution in [-0.2, 0) is 16.6 Å². The summed E-state index contributed by atoms with van der Waals surface area (Å²) >= 11 is 0. The Bertz CT molecular complexity index is 1010. The fourth-order valence-electron chi connectivity index (χ4n) is 4.69. The molecule has 2 aromatic rings. The second-order valence-corrected chi connectivity index (χ2v) is 10.8. The molecule has 1 atom stereocenters. The lowest BCUT2D eigenvalue weighted by molar-refractivity contribution is 0.0761. The summed E-state index contributed by atoms with van der Waals surface area (Å²) in [5.41, 5.74) is 1.83. The molecule has 2 aliphatic heterocycles. The minimum atomic E-state index is -3.52. The van der Waals surface area contributed by atoms with E-state index >= 15 is 0 Å². The molecule has 1 unspecified atom stereocenters. The molecule has 0 spiro atoms. The molecule has 172 valence electrons. The van der Waals surface area contributed by atoms with E-state index in [-0.39, 0.29) is 16.8 Å². The lowest BCUT2D eigenvalue weighted by Crippen LogP contribution is -2.41. The Morgan fingerprint density at radius 2 is 1.62 bits per heavy atom. The van der Waals surface area contributed by atoms with Crippen LogP contribution in [0.2, 0.25) is 0 Å². The lowest BCUT2D eigenvalue weighted by atomic mass is 10.1. The van der Waals surface area contributed by atoms with Gasteiger partial charge in [-0.1, -0.05) is 36.8 Å². The van der Waals surface area contributed by atoms with Crippen LogP contribution >= 0.6 is 0 Å². The van der Waals surface area contributed by atoms with E-state index in [2.05, 4.69) is 29.2 Å². The van der Waals surface area contributed by atoms with E-state index in [1.165, 1.54) is 5.56 Å². The highest BCUT2D eigenvalue weighted by Crippen LogP contribution is 2.25. The third-order valence-electron chi connectivity index (χ3n) is 6.57. The maximum atomic E-state index is 13.1. The largest absolute Gasteiger partial charge is 0.337 e. The van der Waals surface area contributed by atoms with Gasteiger partial charge in [-0.05, 0) is 56.0 Å². The second kappa shape index (κ2) is 10.1. The van der Waals surface area contributed by atoms with Crippen LogP contribution in [0, 0.1) is 0 Å². The molecular weight excluding hydrogens is 422 g/mol. The van der Waals surface area contributed by atoms with Crippen molar-refractivity contribution in [1.29, 1.82) is 0 Å². The van der Waals surface area contributed by atoms with Crippen molar-refractivity contribution in [3.8, 4) is 0 Å². The Hall–Kier alpha value is -2.22. The standard InChI is InChI=1S/C25H33N3O3S/c1-21-8-5-6-17-28(21)32(30,31)24-13-11-23(12-14-24)25(29)27-16-7-15-26(18-19-27)20-22-9-3-2-4-10-22/h2-4,9-14,21H,5-8,15-20H2,1H3. The molecule has 2 aliphatic rings. The molecule has 1 amide bonds. The summed E-state index contributed by atoms with van der Waals surface area (Å²) in [7, 11) is -3.52. The van der Waals surface area contributed by atoms with E-state index in [0.717, 1.165) is 51.9 Å². The van der Waals surface area contributed by atoms with E-state index in [1.54, 1.807) is 28.6 Å². The number of carbonyl (C=O) groups excluding carboxylic acids is 1. The van der Waals surface area contributed by atoms with E-state index in [4.69, 9.17) is 0 Å². The first-order valence-corrected chi connectivity index (χ1v) is 13.1. The van der Waals surface area contributed by atoms with E-state index in [0.29, 0.717) is 18.7 Å². The summed E-state index contributed by atoms with van der Waals surface area (Å²) < 4.78 is 27.7. The van der Waals surface area contributed by atoms with Gasteiger partial charge in [0, 0.05) is 50.9 Å². The number of hydrogen-bond acceptors (Lipinski definition) is 4. The summed E-state index contributed by atoms with van der Waals surface area (Å²) in [6.45, 7) is 6.62. The third kappa shape index (κ3) is 5.22. The molecule has 4 rings (SSSR count). The minimum Gasteiger partial charge on any atom is -0.337 e. The van der Waals surface area contributed by atoms with Crippen molar-refractivity contribution < 1.29 is 13.2 Å². The highest BCUT2D eigenvalue weighted by atomic mass is 32.2. The lowest BCUT2D eigenvalue weighted by Gasteiger charge is -2.32. The average Bonchev–Trinajstić information content (AvgIpc) is 3.05.